The van der Waals surface area contributed by atoms with Gasteiger partial charge in [0.2, 0.25) is 5.91 Å². The van der Waals surface area contributed by atoms with Crippen molar-refractivity contribution in [1.29, 1.82) is 0 Å². The average molecular weight is 682 g/mol. The smallest absolute Gasteiger partial charge is 0.293 e. The number of anilines is 1. The van der Waals surface area contributed by atoms with E-state index in [1.807, 2.05) is 0 Å². The van der Waals surface area contributed by atoms with Crippen molar-refractivity contribution in [3.8, 4) is 11.1 Å². The van der Waals surface area contributed by atoms with Gasteiger partial charge in [0.1, 0.15) is 41.7 Å². The van der Waals surface area contributed by atoms with E-state index in [4.69, 9.17) is 5.73 Å². The summed E-state index contributed by atoms with van der Waals surface area (Å²) in [7, 11) is 0. The second-order valence-electron chi connectivity index (χ2n) is 12.5. The summed E-state index contributed by atoms with van der Waals surface area (Å²) in [6, 6.07) is 6.46. The van der Waals surface area contributed by atoms with Gasteiger partial charge in [0.15, 0.2) is 0 Å². The highest BCUT2D eigenvalue weighted by Crippen LogP contribution is 2.71. The Bertz CT molecular complexity index is 2200. The first-order valence-electron chi connectivity index (χ1n) is 15.3. The van der Waals surface area contributed by atoms with Gasteiger partial charge in [0.05, 0.1) is 11.7 Å². The van der Waals surface area contributed by atoms with Crippen LogP contribution in [0.3, 0.4) is 0 Å². The second kappa shape index (κ2) is 10.8. The van der Waals surface area contributed by atoms with Gasteiger partial charge in [-0.05, 0) is 47.2 Å². The van der Waals surface area contributed by atoms with Crippen molar-refractivity contribution >= 4 is 23.4 Å². The van der Waals surface area contributed by atoms with Crippen molar-refractivity contribution in [2.75, 3.05) is 5.73 Å². The summed E-state index contributed by atoms with van der Waals surface area (Å²) in [5, 5.41) is 13.3. The number of hydrogen-bond donors (Lipinski definition) is 3. The molecule has 0 spiro atoms. The van der Waals surface area contributed by atoms with Crippen LogP contribution in [0.5, 0.6) is 0 Å². The molecule has 4 N–H and O–H groups in total. The predicted octanol–water partition coefficient (Wildman–Crippen LogP) is 4.58. The topological polar surface area (TPSA) is 145 Å². The number of fused-ring (bicyclic) bond motifs is 5. The van der Waals surface area contributed by atoms with Crippen molar-refractivity contribution < 1.29 is 35.9 Å². The fraction of sp³-hybridized carbons (Fsp3) is 0.312. The van der Waals surface area contributed by atoms with Crippen LogP contribution in [-0.2, 0) is 30.2 Å². The molecule has 5 aromatic rings. The molecule has 8 rings (SSSR count). The van der Waals surface area contributed by atoms with Crippen molar-refractivity contribution in [2.45, 2.75) is 50.7 Å². The Balaban J connectivity index is 1.23. The Labute approximate surface area is 272 Å². The number of hydrogen-bond acceptors (Lipinski definition) is 7. The number of carbonyl (C=O) groups is 2. The minimum absolute atomic E-state index is 0.0000137. The molecule has 3 aliphatic rings. The molecule has 4 heterocycles. The summed E-state index contributed by atoms with van der Waals surface area (Å²) in [6.07, 6.45) is -2.25. The average Bonchev–Trinajstić information content (AvgIpc) is 3.45. The van der Waals surface area contributed by atoms with Crippen molar-refractivity contribution in [3.05, 3.63) is 93.7 Å². The summed E-state index contributed by atoms with van der Waals surface area (Å²) in [5.74, 6) is -9.01. The fourth-order valence-corrected chi connectivity index (χ4v) is 7.42. The highest BCUT2D eigenvalue weighted by atomic mass is 19.3. The summed E-state index contributed by atoms with van der Waals surface area (Å²) in [6.45, 7) is 0.996. The van der Waals surface area contributed by atoms with Crippen LogP contribution in [0.25, 0.3) is 16.9 Å². The summed E-state index contributed by atoms with van der Waals surface area (Å²) in [5.41, 5.74) is 6.65. The Morgan fingerprint density at radius 1 is 1.14 bits per heavy atom. The molecule has 2 aliphatic carbocycles. The van der Waals surface area contributed by atoms with Gasteiger partial charge in [-0.25, -0.2) is 22.5 Å². The SMILES string of the molecule is C[C@@H]1C2c3c(C(F)F)nn(CC(=O)N[C@@H](Cc4cc(F)cc(F)c4)c4nc5ncnn5c(N)c4-c4ccc5c(c4)C(=O)NC5)c3C(F)(F)[C@@H]21. The van der Waals surface area contributed by atoms with Gasteiger partial charge in [-0.1, -0.05) is 19.1 Å². The molecule has 2 amide bonds. The Hall–Kier alpha value is -5.48. The van der Waals surface area contributed by atoms with Gasteiger partial charge in [-0.3, -0.25) is 14.3 Å². The van der Waals surface area contributed by atoms with Crippen molar-refractivity contribution in [2.24, 2.45) is 11.8 Å². The normalized spacial score (nSPS) is 20.7. The maximum atomic E-state index is 15.5. The summed E-state index contributed by atoms with van der Waals surface area (Å²) >= 11 is 0. The predicted molar refractivity (Wildman–Crippen MR) is 159 cm³/mol. The van der Waals surface area contributed by atoms with E-state index in [1.165, 1.54) is 10.8 Å². The third-order valence-electron chi connectivity index (χ3n) is 9.57. The van der Waals surface area contributed by atoms with Crippen molar-refractivity contribution in [1.82, 2.24) is 40.0 Å². The number of benzene rings is 2. The number of nitrogen functional groups attached to an aromatic ring is 1. The largest absolute Gasteiger partial charge is 0.383 e. The Morgan fingerprint density at radius 2 is 1.90 bits per heavy atom. The van der Waals surface area contributed by atoms with E-state index in [-0.39, 0.29) is 46.3 Å². The van der Waals surface area contributed by atoms with E-state index in [0.717, 1.165) is 17.7 Å². The molecule has 1 fully saturated rings. The van der Waals surface area contributed by atoms with Crippen LogP contribution in [0, 0.1) is 23.5 Å². The lowest BCUT2D eigenvalue weighted by molar-refractivity contribution is -0.123. The zero-order valence-electron chi connectivity index (χ0n) is 25.4. The quantitative estimate of drug-likeness (QED) is 0.203. The summed E-state index contributed by atoms with van der Waals surface area (Å²) < 4.78 is 89.4. The Morgan fingerprint density at radius 3 is 2.63 bits per heavy atom. The molecule has 1 saturated carbocycles. The van der Waals surface area contributed by atoms with E-state index < -0.39 is 71.6 Å². The van der Waals surface area contributed by atoms with E-state index in [0.29, 0.717) is 28.4 Å². The van der Waals surface area contributed by atoms with E-state index in [9.17, 15) is 27.2 Å². The number of nitrogens with zero attached hydrogens (tertiary/aromatic N) is 6. The molecule has 0 radical (unpaired) electrons. The molecule has 4 atom stereocenters. The Kier molecular flexibility index (Phi) is 6.77. The maximum Gasteiger partial charge on any atom is 0.293 e. The molecule has 1 aliphatic heterocycles. The molecule has 11 nitrogen and oxygen atoms in total. The number of aromatic nitrogens is 6. The van der Waals surface area contributed by atoms with Gasteiger partial charge in [-0.15, -0.1) is 0 Å². The van der Waals surface area contributed by atoms with Gasteiger partial charge >= 0.3 is 0 Å². The number of rotatable bonds is 8. The summed E-state index contributed by atoms with van der Waals surface area (Å²) in [4.78, 5) is 34.9. The fourth-order valence-electron chi connectivity index (χ4n) is 7.42. The van der Waals surface area contributed by atoms with E-state index in [1.54, 1.807) is 25.1 Å². The molecule has 17 heteroatoms. The van der Waals surface area contributed by atoms with Crippen LogP contribution in [-0.4, -0.2) is 41.2 Å². The van der Waals surface area contributed by atoms with E-state index in [2.05, 4.69) is 30.8 Å². The second-order valence-corrected chi connectivity index (χ2v) is 12.5. The highest BCUT2D eigenvalue weighted by molar-refractivity contribution is 6.00. The third kappa shape index (κ3) is 4.81. The lowest BCUT2D eigenvalue weighted by Crippen LogP contribution is -2.35. The molecule has 252 valence electrons. The molecular weight excluding hydrogens is 656 g/mol. The number of carbonyl (C=O) groups excluding carboxylic acids is 2. The minimum Gasteiger partial charge on any atom is -0.383 e. The number of nitrogens with one attached hydrogen (secondary N) is 2. The van der Waals surface area contributed by atoms with Crippen LogP contribution in [0.15, 0.2) is 42.7 Å². The monoisotopic (exact) mass is 681 g/mol. The van der Waals surface area contributed by atoms with Crippen LogP contribution < -0.4 is 16.4 Å². The standard InChI is InChI=1S/C32H25F6N9O2/c1-12-21-23-26(28(35)36)45-46(27(23)32(37,38)24(12)21)10-20(48)43-19(6-13-4-16(33)8-17(34)5-13)25-22(29(39)47-31(44-25)41-11-42-47)14-2-3-15-9-40-30(49)18(15)7-14/h2-5,7-8,11-12,19,21,24,28H,6,9-10,39H2,1H3,(H,40,49)(H,43,48)/t12-,19+,21?,24-/m1/s1. The number of alkyl halides is 4. The minimum atomic E-state index is -3.49. The van der Waals surface area contributed by atoms with Gasteiger partial charge in [0.25, 0.3) is 24.0 Å². The highest BCUT2D eigenvalue weighted by Gasteiger charge is 2.71. The van der Waals surface area contributed by atoms with Crippen molar-refractivity contribution in [3.63, 3.8) is 0 Å². The first kappa shape index (κ1) is 30.8. The van der Waals surface area contributed by atoms with Gasteiger partial charge < -0.3 is 16.4 Å². The number of nitrogens with two attached hydrogens (primary N) is 1. The molecule has 1 unspecified atom stereocenters. The molecule has 0 bridgehead atoms. The van der Waals surface area contributed by atoms with Gasteiger partial charge in [-0.2, -0.15) is 28.5 Å². The maximum absolute atomic E-state index is 15.5. The molecule has 49 heavy (non-hydrogen) atoms. The van der Waals surface area contributed by atoms with Crippen LogP contribution in [0.1, 0.15) is 69.4 Å². The van der Waals surface area contributed by atoms with Crippen LogP contribution >= 0.6 is 0 Å². The lowest BCUT2D eigenvalue weighted by atomic mass is 9.94. The zero-order chi connectivity index (χ0) is 34.5. The zero-order valence-corrected chi connectivity index (χ0v) is 25.4. The van der Waals surface area contributed by atoms with E-state index >= 15 is 8.78 Å². The molecular formula is C32H25F6N9O2. The van der Waals surface area contributed by atoms with Crippen LogP contribution in [0.2, 0.25) is 0 Å². The molecule has 3 aromatic heterocycles. The molecule has 2 aromatic carbocycles. The van der Waals surface area contributed by atoms with Crippen LogP contribution in [0.4, 0.5) is 32.2 Å². The molecule has 0 saturated heterocycles. The first-order chi connectivity index (χ1) is 23.3. The third-order valence-corrected chi connectivity index (χ3v) is 9.57. The number of amides is 2. The van der Waals surface area contributed by atoms with Gasteiger partial charge in [0, 0.05) is 41.1 Å². The lowest BCUT2D eigenvalue weighted by Gasteiger charge is -2.23. The first-order valence-corrected chi connectivity index (χ1v) is 15.3. The number of halogens is 6.